The van der Waals surface area contributed by atoms with E-state index in [1.165, 1.54) is 12.1 Å². The van der Waals surface area contributed by atoms with Crippen LogP contribution in [0, 0.1) is 10.1 Å². The summed E-state index contributed by atoms with van der Waals surface area (Å²) in [6.45, 7) is 1.84. The van der Waals surface area contributed by atoms with Crippen molar-refractivity contribution < 1.29 is 9.66 Å². The zero-order valence-electron chi connectivity index (χ0n) is 10.7. The Hall–Kier alpha value is -2.11. The normalized spacial score (nSPS) is 11.9. The monoisotopic (exact) mass is 292 g/mol. The summed E-state index contributed by atoms with van der Waals surface area (Å²) in [5.74, 6) is 0.498. The number of nitro groups is 1. The van der Waals surface area contributed by atoms with E-state index in [4.69, 9.17) is 22.1 Å². The predicted octanol–water partition coefficient (Wildman–Crippen LogP) is 4.06. The summed E-state index contributed by atoms with van der Waals surface area (Å²) >= 11 is 6.10. The van der Waals surface area contributed by atoms with Gasteiger partial charge in [0.2, 0.25) is 5.75 Å². The molecule has 0 aliphatic heterocycles. The molecular weight excluding hydrogens is 280 g/mol. The number of ether oxygens (including phenoxy) is 1. The Morgan fingerprint density at radius 1 is 1.25 bits per heavy atom. The van der Waals surface area contributed by atoms with Crippen molar-refractivity contribution in [3.05, 3.63) is 63.2 Å². The number of nitrogens with zero attached hydrogens (tertiary/aromatic N) is 1. The van der Waals surface area contributed by atoms with Gasteiger partial charge in [-0.05, 0) is 30.7 Å². The van der Waals surface area contributed by atoms with E-state index in [1.807, 2.05) is 6.92 Å². The first-order chi connectivity index (χ1) is 9.49. The van der Waals surface area contributed by atoms with Crippen LogP contribution < -0.4 is 10.5 Å². The molecule has 2 aromatic rings. The average Bonchev–Trinajstić information content (AvgIpc) is 2.41. The average molecular weight is 293 g/mol. The van der Waals surface area contributed by atoms with Crippen LogP contribution in [0.4, 0.5) is 5.69 Å². The molecule has 0 fully saturated rings. The lowest BCUT2D eigenvalue weighted by atomic mass is 10.1. The smallest absolute Gasteiger partial charge is 0.311 e. The second kappa shape index (κ2) is 5.90. The van der Waals surface area contributed by atoms with Crippen molar-refractivity contribution in [1.82, 2.24) is 0 Å². The fourth-order valence-corrected chi connectivity index (χ4v) is 1.92. The molecule has 2 rings (SSSR count). The molecule has 104 valence electrons. The molecule has 0 unspecified atom stereocenters. The minimum Gasteiger partial charge on any atom is -0.449 e. The number of rotatable bonds is 4. The van der Waals surface area contributed by atoms with Gasteiger partial charge in [-0.1, -0.05) is 29.8 Å². The maximum Gasteiger partial charge on any atom is 0.311 e. The minimum atomic E-state index is -0.500. The van der Waals surface area contributed by atoms with Crippen molar-refractivity contribution in [2.75, 3.05) is 0 Å². The Kier molecular flexibility index (Phi) is 4.22. The number of benzene rings is 2. The number of hydrogen-bond acceptors (Lipinski definition) is 4. The number of para-hydroxylation sites is 2. The fraction of sp³-hybridized carbons (Fsp3) is 0.143. The Morgan fingerprint density at radius 2 is 1.95 bits per heavy atom. The highest BCUT2D eigenvalue weighted by Gasteiger charge is 2.16. The highest BCUT2D eigenvalue weighted by atomic mass is 35.5. The molecule has 6 heteroatoms. The highest BCUT2D eigenvalue weighted by molar-refractivity contribution is 6.32. The van der Waals surface area contributed by atoms with Crippen LogP contribution >= 0.6 is 11.6 Å². The van der Waals surface area contributed by atoms with Crippen molar-refractivity contribution in [1.29, 1.82) is 0 Å². The molecular formula is C14H13ClN2O3. The summed E-state index contributed by atoms with van der Waals surface area (Å²) in [6, 6.07) is 11.1. The number of nitro benzene ring substituents is 1. The molecule has 0 aromatic heterocycles. The Balaban J connectivity index is 2.33. The highest BCUT2D eigenvalue weighted by Crippen LogP contribution is 2.35. The number of nitrogens with two attached hydrogens (primary N) is 1. The quantitative estimate of drug-likeness (QED) is 0.681. The molecule has 5 nitrogen and oxygen atoms in total. The van der Waals surface area contributed by atoms with Gasteiger partial charge in [0, 0.05) is 12.1 Å². The minimum absolute atomic E-state index is 0.111. The molecule has 0 aliphatic carbocycles. The SMILES string of the molecule is C[C@@H](N)c1ccc(Oc2ccccc2[N+](=O)[O-])c(Cl)c1. The van der Waals surface area contributed by atoms with Crippen molar-refractivity contribution in [2.24, 2.45) is 5.73 Å². The van der Waals surface area contributed by atoms with Crippen molar-refractivity contribution in [2.45, 2.75) is 13.0 Å². The van der Waals surface area contributed by atoms with Gasteiger partial charge >= 0.3 is 5.69 Å². The Morgan fingerprint density at radius 3 is 2.55 bits per heavy atom. The Bertz CT molecular complexity index is 644. The van der Waals surface area contributed by atoms with Crippen LogP contribution in [-0.2, 0) is 0 Å². The van der Waals surface area contributed by atoms with E-state index in [9.17, 15) is 10.1 Å². The summed E-state index contributed by atoms with van der Waals surface area (Å²) in [4.78, 5) is 10.4. The molecule has 0 aliphatic rings. The molecule has 0 saturated heterocycles. The van der Waals surface area contributed by atoms with Gasteiger partial charge in [-0.3, -0.25) is 10.1 Å². The summed E-state index contributed by atoms with van der Waals surface area (Å²) < 4.78 is 5.52. The molecule has 0 radical (unpaired) electrons. The van der Waals surface area contributed by atoms with Crippen LogP contribution in [0.15, 0.2) is 42.5 Å². The summed E-state index contributed by atoms with van der Waals surface area (Å²) in [5.41, 5.74) is 6.51. The Labute approximate surface area is 121 Å². The van der Waals surface area contributed by atoms with Gasteiger partial charge in [0.05, 0.1) is 9.95 Å². The van der Waals surface area contributed by atoms with Gasteiger partial charge in [0.25, 0.3) is 0 Å². The molecule has 2 N–H and O–H groups in total. The second-order valence-corrected chi connectivity index (χ2v) is 4.71. The van der Waals surface area contributed by atoms with Crippen LogP contribution in [0.3, 0.4) is 0 Å². The lowest BCUT2D eigenvalue weighted by Gasteiger charge is -2.11. The first kappa shape index (κ1) is 14.3. The van der Waals surface area contributed by atoms with Gasteiger partial charge < -0.3 is 10.5 Å². The first-order valence-corrected chi connectivity index (χ1v) is 6.33. The fourth-order valence-electron chi connectivity index (χ4n) is 1.70. The summed E-state index contributed by atoms with van der Waals surface area (Å²) in [7, 11) is 0. The zero-order valence-corrected chi connectivity index (χ0v) is 11.5. The van der Waals surface area contributed by atoms with E-state index < -0.39 is 4.92 Å². The van der Waals surface area contributed by atoms with E-state index in [-0.39, 0.29) is 17.5 Å². The number of halogens is 1. The van der Waals surface area contributed by atoms with Gasteiger partial charge in [-0.2, -0.15) is 0 Å². The van der Waals surface area contributed by atoms with Gasteiger partial charge in [0.1, 0.15) is 5.75 Å². The predicted molar refractivity (Wildman–Crippen MR) is 77.2 cm³/mol. The van der Waals surface area contributed by atoms with E-state index in [1.54, 1.807) is 30.3 Å². The van der Waals surface area contributed by atoms with E-state index in [2.05, 4.69) is 0 Å². The van der Waals surface area contributed by atoms with Crippen molar-refractivity contribution >= 4 is 17.3 Å². The van der Waals surface area contributed by atoms with Crippen LogP contribution in [0.2, 0.25) is 5.02 Å². The third-order valence-electron chi connectivity index (χ3n) is 2.76. The first-order valence-electron chi connectivity index (χ1n) is 5.95. The molecule has 0 heterocycles. The maximum absolute atomic E-state index is 10.9. The molecule has 0 bridgehead atoms. The lowest BCUT2D eigenvalue weighted by Crippen LogP contribution is -2.04. The molecule has 2 aromatic carbocycles. The summed E-state index contributed by atoms with van der Waals surface area (Å²) in [6.07, 6.45) is 0. The molecule has 0 saturated carbocycles. The lowest BCUT2D eigenvalue weighted by molar-refractivity contribution is -0.385. The summed E-state index contributed by atoms with van der Waals surface area (Å²) in [5, 5.41) is 11.3. The molecule has 0 amide bonds. The maximum atomic E-state index is 10.9. The van der Waals surface area contributed by atoms with Crippen LogP contribution in [-0.4, -0.2) is 4.92 Å². The van der Waals surface area contributed by atoms with E-state index in [0.717, 1.165) is 5.56 Å². The third-order valence-corrected chi connectivity index (χ3v) is 3.06. The van der Waals surface area contributed by atoms with Crippen LogP contribution in [0.5, 0.6) is 11.5 Å². The second-order valence-electron chi connectivity index (χ2n) is 4.31. The van der Waals surface area contributed by atoms with Gasteiger partial charge in [-0.25, -0.2) is 0 Å². The van der Waals surface area contributed by atoms with Gasteiger partial charge in [0.15, 0.2) is 0 Å². The van der Waals surface area contributed by atoms with Crippen LogP contribution in [0.1, 0.15) is 18.5 Å². The zero-order chi connectivity index (χ0) is 14.7. The topological polar surface area (TPSA) is 78.4 Å². The van der Waals surface area contributed by atoms with Crippen LogP contribution in [0.25, 0.3) is 0 Å². The number of hydrogen-bond donors (Lipinski definition) is 1. The van der Waals surface area contributed by atoms with E-state index in [0.29, 0.717) is 10.8 Å². The third kappa shape index (κ3) is 3.07. The standard InChI is InChI=1S/C14H13ClN2O3/c1-9(16)10-6-7-13(11(15)8-10)20-14-5-3-2-4-12(14)17(18)19/h2-9H,16H2,1H3/t9-/m1/s1. The molecule has 1 atom stereocenters. The molecule has 0 spiro atoms. The largest absolute Gasteiger partial charge is 0.449 e. The van der Waals surface area contributed by atoms with Crippen molar-refractivity contribution in [3.63, 3.8) is 0 Å². The molecule has 20 heavy (non-hydrogen) atoms. The van der Waals surface area contributed by atoms with Crippen molar-refractivity contribution in [3.8, 4) is 11.5 Å². The van der Waals surface area contributed by atoms with E-state index >= 15 is 0 Å². The van der Waals surface area contributed by atoms with Gasteiger partial charge in [-0.15, -0.1) is 0 Å².